The van der Waals surface area contributed by atoms with Crippen molar-refractivity contribution in [2.24, 2.45) is 11.3 Å². The van der Waals surface area contributed by atoms with Crippen molar-refractivity contribution in [1.82, 2.24) is 20.0 Å². The van der Waals surface area contributed by atoms with E-state index in [1.54, 1.807) is 16.8 Å². The standard InChI is InChI=1S/C17H21ClN4O/c1-10(2)7-11-16-12(8-17(3,4)9-13(16)23)22(21-11)15-6-5-14(18)19-20-15/h5-6,10H,7-9H2,1-4H3. The van der Waals surface area contributed by atoms with Crippen molar-refractivity contribution in [3.05, 3.63) is 34.2 Å². The summed E-state index contributed by atoms with van der Waals surface area (Å²) in [5, 5.41) is 13.1. The fraction of sp³-hybridized carbons (Fsp3) is 0.529. The molecule has 5 nitrogen and oxygen atoms in total. The second-order valence-corrected chi connectivity index (χ2v) is 7.82. The van der Waals surface area contributed by atoms with Crippen molar-refractivity contribution in [2.75, 3.05) is 0 Å². The van der Waals surface area contributed by atoms with E-state index in [2.05, 4.69) is 37.9 Å². The molecule has 3 rings (SSSR count). The fourth-order valence-electron chi connectivity index (χ4n) is 3.17. The lowest BCUT2D eigenvalue weighted by Crippen LogP contribution is -2.28. The van der Waals surface area contributed by atoms with E-state index in [0.29, 0.717) is 23.3 Å². The van der Waals surface area contributed by atoms with Gasteiger partial charge in [0.15, 0.2) is 16.8 Å². The fourth-order valence-corrected chi connectivity index (χ4v) is 3.27. The van der Waals surface area contributed by atoms with E-state index >= 15 is 0 Å². The van der Waals surface area contributed by atoms with Gasteiger partial charge in [0.1, 0.15) is 0 Å². The van der Waals surface area contributed by atoms with Crippen LogP contribution in [0.1, 0.15) is 55.9 Å². The summed E-state index contributed by atoms with van der Waals surface area (Å²) >= 11 is 5.83. The Morgan fingerprint density at radius 1 is 1.26 bits per heavy atom. The van der Waals surface area contributed by atoms with Gasteiger partial charge in [0.25, 0.3) is 0 Å². The average molecular weight is 333 g/mol. The molecule has 0 bridgehead atoms. The van der Waals surface area contributed by atoms with E-state index in [1.807, 2.05) is 0 Å². The van der Waals surface area contributed by atoms with Gasteiger partial charge in [0.2, 0.25) is 0 Å². The molecule has 23 heavy (non-hydrogen) atoms. The Morgan fingerprint density at radius 2 is 2.00 bits per heavy atom. The third-order valence-electron chi connectivity index (χ3n) is 4.05. The molecule has 0 fully saturated rings. The molecule has 0 spiro atoms. The topological polar surface area (TPSA) is 60.7 Å². The monoisotopic (exact) mass is 332 g/mol. The summed E-state index contributed by atoms with van der Waals surface area (Å²) in [6.07, 6.45) is 2.13. The normalized spacial score (nSPS) is 16.7. The van der Waals surface area contributed by atoms with Crippen LogP contribution < -0.4 is 0 Å². The van der Waals surface area contributed by atoms with E-state index in [4.69, 9.17) is 16.7 Å². The second-order valence-electron chi connectivity index (χ2n) is 7.43. The summed E-state index contributed by atoms with van der Waals surface area (Å²) in [5.74, 6) is 1.22. The Bertz CT molecular complexity index is 747. The number of hydrogen-bond acceptors (Lipinski definition) is 4. The van der Waals surface area contributed by atoms with Gasteiger partial charge in [-0.2, -0.15) is 5.10 Å². The van der Waals surface area contributed by atoms with Gasteiger partial charge >= 0.3 is 0 Å². The summed E-state index contributed by atoms with van der Waals surface area (Å²) in [7, 11) is 0. The Balaban J connectivity index is 2.17. The van der Waals surface area contributed by atoms with Crippen LogP contribution in [0, 0.1) is 11.3 Å². The number of rotatable bonds is 3. The molecule has 2 heterocycles. The van der Waals surface area contributed by atoms with E-state index in [0.717, 1.165) is 29.8 Å². The highest BCUT2D eigenvalue weighted by Crippen LogP contribution is 2.37. The number of Topliss-reactive ketones (excluding diaryl/α,β-unsaturated/α-hetero) is 1. The molecule has 0 aromatic carbocycles. The molecule has 0 atom stereocenters. The maximum atomic E-state index is 12.7. The molecule has 1 aliphatic rings. The van der Waals surface area contributed by atoms with Crippen LogP contribution in [0.4, 0.5) is 0 Å². The summed E-state index contributed by atoms with van der Waals surface area (Å²) in [4.78, 5) is 12.7. The van der Waals surface area contributed by atoms with Crippen LogP contribution in [0.25, 0.3) is 5.82 Å². The molecule has 0 unspecified atom stereocenters. The van der Waals surface area contributed by atoms with Crippen molar-refractivity contribution in [1.29, 1.82) is 0 Å². The minimum absolute atomic E-state index is 0.0726. The zero-order valence-electron chi connectivity index (χ0n) is 13.9. The van der Waals surface area contributed by atoms with Crippen LogP contribution >= 0.6 is 11.6 Å². The van der Waals surface area contributed by atoms with Gasteiger partial charge in [-0.25, -0.2) is 4.68 Å². The second kappa shape index (κ2) is 5.71. The number of aromatic nitrogens is 4. The van der Waals surface area contributed by atoms with Crippen LogP contribution in [-0.4, -0.2) is 25.8 Å². The molecule has 0 radical (unpaired) electrons. The van der Waals surface area contributed by atoms with Gasteiger partial charge in [-0.3, -0.25) is 4.79 Å². The van der Waals surface area contributed by atoms with Crippen LogP contribution in [-0.2, 0) is 12.8 Å². The summed E-state index contributed by atoms with van der Waals surface area (Å²) in [5.41, 5.74) is 2.53. The number of nitrogens with zero attached hydrogens (tertiary/aromatic N) is 4. The quantitative estimate of drug-likeness (QED) is 0.860. The lowest BCUT2D eigenvalue weighted by molar-refractivity contribution is 0.0910. The third-order valence-corrected chi connectivity index (χ3v) is 4.26. The highest BCUT2D eigenvalue weighted by molar-refractivity contribution is 6.29. The molecule has 0 saturated heterocycles. The lowest BCUT2D eigenvalue weighted by atomic mass is 9.75. The lowest BCUT2D eigenvalue weighted by Gasteiger charge is -2.29. The van der Waals surface area contributed by atoms with Crippen molar-refractivity contribution < 1.29 is 4.79 Å². The molecule has 0 saturated carbocycles. The maximum absolute atomic E-state index is 12.7. The Morgan fingerprint density at radius 3 is 2.61 bits per heavy atom. The predicted octanol–water partition coefficient (Wildman–Crippen LogP) is 3.67. The molecule has 2 aromatic heterocycles. The number of carbonyl (C=O) groups is 1. The van der Waals surface area contributed by atoms with Crippen LogP contribution in [0.15, 0.2) is 12.1 Å². The SMILES string of the molecule is CC(C)Cc1nn(-c2ccc(Cl)nn2)c2c1C(=O)CC(C)(C)C2. The molecule has 1 aliphatic carbocycles. The molecule has 0 N–H and O–H groups in total. The number of carbonyl (C=O) groups excluding carboxylic acids is 1. The van der Waals surface area contributed by atoms with E-state index < -0.39 is 0 Å². The number of halogens is 1. The van der Waals surface area contributed by atoms with Crippen LogP contribution in [0.5, 0.6) is 0 Å². The van der Waals surface area contributed by atoms with E-state index in [-0.39, 0.29) is 11.2 Å². The first-order valence-electron chi connectivity index (χ1n) is 7.90. The van der Waals surface area contributed by atoms with Crippen molar-refractivity contribution in [3.8, 4) is 5.82 Å². The van der Waals surface area contributed by atoms with Gasteiger partial charge in [-0.05, 0) is 36.3 Å². The van der Waals surface area contributed by atoms with Gasteiger partial charge in [-0.15, -0.1) is 10.2 Å². The first-order valence-corrected chi connectivity index (χ1v) is 8.28. The summed E-state index contributed by atoms with van der Waals surface area (Å²) in [6.45, 7) is 8.48. The van der Waals surface area contributed by atoms with Gasteiger partial charge < -0.3 is 0 Å². The molecule has 2 aromatic rings. The van der Waals surface area contributed by atoms with Crippen molar-refractivity contribution in [3.63, 3.8) is 0 Å². The summed E-state index contributed by atoms with van der Waals surface area (Å²) < 4.78 is 1.77. The zero-order chi connectivity index (χ0) is 16.8. The zero-order valence-corrected chi connectivity index (χ0v) is 14.7. The molecule has 122 valence electrons. The van der Waals surface area contributed by atoms with Gasteiger partial charge in [0, 0.05) is 6.42 Å². The Kier molecular flexibility index (Phi) is 4.00. The van der Waals surface area contributed by atoms with E-state index in [9.17, 15) is 4.79 Å². The average Bonchev–Trinajstić information content (AvgIpc) is 2.76. The van der Waals surface area contributed by atoms with Crippen LogP contribution in [0.2, 0.25) is 5.15 Å². The maximum Gasteiger partial charge on any atom is 0.176 e. The van der Waals surface area contributed by atoms with Crippen LogP contribution in [0.3, 0.4) is 0 Å². The molecule has 0 amide bonds. The van der Waals surface area contributed by atoms with Crippen molar-refractivity contribution in [2.45, 2.75) is 47.0 Å². The Labute approximate surface area is 141 Å². The number of hydrogen-bond donors (Lipinski definition) is 0. The molecule has 6 heteroatoms. The molecular formula is C17H21ClN4O. The number of ketones is 1. The predicted molar refractivity (Wildman–Crippen MR) is 89.1 cm³/mol. The largest absolute Gasteiger partial charge is 0.294 e. The number of fused-ring (bicyclic) bond motifs is 1. The van der Waals surface area contributed by atoms with Gasteiger partial charge in [0.05, 0.1) is 17.0 Å². The third kappa shape index (κ3) is 3.15. The minimum Gasteiger partial charge on any atom is -0.294 e. The summed E-state index contributed by atoms with van der Waals surface area (Å²) in [6, 6.07) is 3.48. The first-order chi connectivity index (χ1) is 10.8. The molecule has 0 aliphatic heterocycles. The Hall–Kier alpha value is -1.75. The van der Waals surface area contributed by atoms with Crippen molar-refractivity contribution >= 4 is 17.4 Å². The highest BCUT2D eigenvalue weighted by atomic mass is 35.5. The smallest absolute Gasteiger partial charge is 0.176 e. The first kappa shape index (κ1) is 16.1. The minimum atomic E-state index is -0.0726. The van der Waals surface area contributed by atoms with Gasteiger partial charge in [-0.1, -0.05) is 39.3 Å². The molecular weight excluding hydrogens is 312 g/mol. The van der Waals surface area contributed by atoms with E-state index in [1.165, 1.54) is 0 Å². The highest BCUT2D eigenvalue weighted by Gasteiger charge is 2.36.